The van der Waals surface area contributed by atoms with Gasteiger partial charge in [0.25, 0.3) is 0 Å². The predicted octanol–water partition coefficient (Wildman–Crippen LogP) is 4.88. The number of carbonyl (C=O) groups excluding carboxylic acids is 2. The number of halogens is 2. The third kappa shape index (κ3) is 6.65. The fourth-order valence-electron chi connectivity index (χ4n) is 3.19. The Morgan fingerprint density at radius 2 is 1.41 bits per heavy atom. The van der Waals surface area contributed by atoms with Gasteiger partial charge in [-0.1, -0.05) is 0 Å². The van der Waals surface area contributed by atoms with Gasteiger partial charge in [-0.2, -0.15) is 0 Å². The first-order valence-electron chi connectivity index (χ1n) is 9.11. The average Bonchev–Trinajstić information content (AvgIpc) is 2.66. The van der Waals surface area contributed by atoms with Gasteiger partial charge in [-0.15, -0.1) is 0 Å². The summed E-state index contributed by atoms with van der Waals surface area (Å²) in [6.07, 6.45) is 0. The maximum absolute atomic E-state index is 13.0. The first-order chi connectivity index (χ1) is 13.5. The number of rotatable bonds is 4. The Hall–Kier alpha value is 2.25. The van der Waals surface area contributed by atoms with Gasteiger partial charge in [-0.3, -0.25) is 0 Å². The zero-order chi connectivity index (χ0) is 21.3. The van der Waals surface area contributed by atoms with Gasteiger partial charge in [0.2, 0.25) is 0 Å². The van der Waals surface area contributed by atoms with Crippen LogP contribution in [0.3, 0.4) is 0 Å². The Balaban J connectivity index is 1.87. The molecule has 0 aliphatic carbocycles. The van der Waals surface area contributed by atoms with Crippen LogP contribution in [0.25, 0.3) is 0 Å². The van der Waals surface area contributed by atoms with E-state index in [1.807, 2.05) is 60.7 Å². The topological polar surface area (TPSA) is 58.2 Å². The molecular formula is C17H21Cl2N2O2Ti6. The van der Waals surface area contributed by atoms with Crippen LogP contribution in [0.2, 0.25) is 15.7 Å². The van der Waals surface area contributed by atoms with Crippen molar-refractivity contribution >= 4 is 30.4 Å². The molecule has 1 aliphatic heterocycles. The second-order valence-corrected chi connectivity index (χ2v) is 117. The average molecular weight is 643 g/mol. The Bertz CT molecular complexity index is 917. The molecule has 0 unspecified atom stereocenters. The third-order valence-electron chi connectivity index (χ3n) is 4.65. The van der Waals surface area contributed by atoms with Gasteiger partial charge in [-0.25, -0.2) is 0 Å². The minimum absolute atomic E-state index is 0.0353. The third-order valence-corrected chi connectivity index (χ3v) is 241. The van der Waals surface area contributed by atoms with E-state index in [2.05, 4.69) is 23.3 Å². The molecule has 2 amide bonds. The van der Waals surface area contributed by atoms with Crippen LogP contribution in [-0.4, -0.2) is 11.8 Å². The van der Waals surface area contributed by atoms with Gasteiger partial charge in [0.1, 0.15) is 0 Å². The fraction of sp³-hybridized carbons (Fsp3) is 0.176. The molecule has 1 aliphatic rings. The van der Waals surface area contributed by atoms with Gasteiger partial charge >= 0.3 is 201 Å². The van der Waals surface area contributed by atoms with Crippen molar-refractivity contribution in [3.05, 3.63) is 71.8 Å². The van der Waals surface area contributed by atoms with Crippen LogP contribution in [0, 0.1) is 0 Å². The van der Waals surface area contributed by atoms with Crippen molar-refractivity contribution in [1.82, 2.24) is 7.60 Å². The van der Waals surface area contributed by atoms with E-state index in [0.29, 0.717) is 11.1 Å². The molecule has 29 heavy (non-hydrogen) atoms. The molecule has 0 aromatic heterocycles. The number of hydrogen-bond acceptors (Lipinski definition) is 2. The normalized spacial score (nSPS) is 20.2. The zero-order valence-corrected chi connectivity index (χ0v) is 27.2. The SMILES string of the molecule is [CH3][Ti]1[Ti]([NH]C(=O)c2ccccc2)[Ti][Ti]([CH3])([CH3])[Ti][Ti]1([Cl])([Cl])[NH]C(=O)c1ccccc1. The second kappa shape index (κ2) is 10.2. The van der Waals surface area contributed by atoms with Crippen molar-refractivity contribution in [2.24, 2.45) is 0 Å². The van der Waals surface area contributed by atoms with Gasteiger partial charge in [0.15, 0.2) is 0 Å². The molecule has 1 fully saturated rings. The summed E-state index contributed by atoms with van der Waals surface area (Å²) in [7, 11) is 8.77. The van der Waals surface area contributed by atoms with E-state index in [9.17, 15) is 9.59 Å². The van der Waals surface area contributed by atoms with Gasteiger partial charge in [0, 0.05) is 0 Å². The van der Waals surface area contributed by atoms with Crippen molar-refractivity contribution in [1.29, 1.82) is 0 Å². The van der Waals surface area contributed by atoms with E-state index in [0.717, 1.165) is 0 Å². The Morgan fingerprint density at radius 1 is 0.931 bits per heavy atom. The molecule has 3 rings (SSSR count). The molecule has 12 heteroatoms. The molecule has 0 spiro atoms. The van der Waals surface area contributed by atoms with E-state index in [1.54, 1.807) is 0 Å². The Kier molecular flexibility index (Phi) is 9.14. The molecule has 0 saturated carbocycles. The summed E-state index contributed by atoms with van der Waals surface area (Å²) < 4.78 is 6.79. The van der Waals surface area contributed by atoms with Crippen molar-refractivity contribution in [3.63, 3.8) is 0 Å². The molecule has 149 valence electrons. The summed E-state index contributed by atoms with van der Waals surface area (Å²) in [5.41, 5.74) is 1.33. The molecule has 4 nitrogen and oxygen atoms in total. The van der Waals surface area contributed by atoms with Gasteiger partial charge in [0.05, 0.1) is 0 Å². The van der Waals surface area contributed by atoms with Crippen molar-refractivity contribution in [3.8, 4) is 0 Å². The molecule has 2 N–H and O–H groups in total. The molecule has 0 bridgehead atoms. The molecule has 1 saturated heterocycles. The van der Waals surface area contributed by atoms with E-state index in [-0.39, 0.29) is 24.6 Å². The number of amides is 2. The van der Waals surface area contributed by atoms with Crippen LogP contribution in [-0.2, 0) is 65.9 Å². The van der Waals surface area contributed by atoms with E-state index in [1.165, 1.54) is 0 Å². The van der Waals surface area contributed by atoms with Crippen molar-refractivity contribution < 1.29 is 75.4 Å². The van der Waals surface area contributed by atoms with Crippen LogP contribution in [0.5, 0.6) is 0 Å². The monoisotopic (exact) mass is 643 g/mol. The quantitative estimate of drug-likeness (QED) is 0.468. The standard InChI is InChI=1S/2C7H7NO.3CH3.2ClH.6Ti/c2*8-7(9)6-4-2-1-3-5-6;;;;;;;;;;;/h2*1-5H,(H2,8,9);3*1H3;2*1H;;;;;;/q;;;;;;;;;;;+1;+3/p-4. The zero-order valence-electron chi connectivity index (χ0n) is 16.3. The first kappa shape index (κ1) is 25.9. The van der Waals surface area contributed by atoms with Gasteiger partial charge < -0.3 is 0 Å². The fourth-order valence-corrected chi connectivity index (χ4v) is 537. The molecule has 1 heterocycles. The second-order valence-electron chi connectivity index (χ2n) is 7.53. The summed E-state index contributed by atoms with van der Waals surface area (Å²) in [6, 6.07) is 18.6. The van der Waals surface area contributed by atoms with E-state index in [4.69, 9.17) is 18.6 Å². The number of benzene rings is 2. The summed E-state index contributed by atoms with van der Waals surface area (Å²) >= 11 is -4.42. The van der Waals surface area contributed by atoms with E-state index >= 15 is 0 Å². The van der Waals surface area contributed by atoms with Gasteiger partial charge in [-0.05, 0) is 0 Å². The summed E-state index contributed by atoms with van der Waals surface area (Å²) in [6.45, 7) is 0. The maximum atomic E-state index is 13.0. The summed E-state index contributed by atoms with van der Waals surface area (Å²) in [4.78, 5) is 25.9. The van der Waals surface area contributed by atoms with Crippen LogP contribution in [0.4, 0.5) is 0 Å². The van der Waals surface area contributed by atoms with Crippen molar-refractivity contribution in [2.75, 3.05) is 0 Å². The molecule has 2 aromatic rings. The van der Waals surface area contributed by atoms with Crippen LogP contribution < -0.4 is 7.60 Å². The Morgan fingerprint density at radius 3 is 1.93 bits per heavy atom. The first-order valence-corrected chi connectivity index (χ1v) is 43.7. The molecule has 2 aromatic carbocycles. The minimum atomic E-state index is -4.07. The predicted molar refractivity (Wildman–Crippen MR) is 97.1 cm³/mol. The number of carbonyl (C=O) groups is 2. The Labute approximate surface area is 197 Å². The van der Waals surface area contributed by atoms with Crippen LogP contribution >= 0.6 is 18.6 Å². The summed E-state index contributed by atoms with van der Waals surface area (Å²) in [5, 5.41) is 7.19. The number of hydrogen-bond donors (Lipinski definition) is 2. The van der Waals surface area contributed by atoms with Crippen LogP contribution in [0.1, 0.15) is 20.7 Å². The molecular weight excluding hydrogens is 622 g/mol. The number of nitrogens with one attached hydrogen (secondary N) is 2. The van der Waals surface area contributed by atoms with Crippen LogP contribution in [0.15, 0.2) is 60.7 Å². The molecule has 0 atom stereocenters. The summed E-state index contributed by atoms with van der Waals surface area (Å²) in [5.74, 6) is -0.0803. The van der Waals surface area contributed by atoms with Crippen molar-refractivity contribution in [2.45, 2.75) is 15.7 Å². The van der Waals surface area contributed by atoms with E-state index < -0.39 is 53.1 Å². The molecule has 0 radical (unpaired) electrons.